The van der Waals surface area contributed by atoms with E-state index in [2.05, 4.69) is 24.0 Å². The van der Waals surface area contributed by atoms with Gasteiger partial charge in [0.05, 0.1) is 32.5 Å². The van der Waals surface area contributed by atoms with Gasteiger partial charge >= 0.3 is 0 Å². The van der Waals surface area contributed by atoms with Crippen LogP contribution >= 0.6 is 0 Å². The van der Waals surface area contributed by atoms with E-state index >= 15 is 0 Å². The first-order valence-corrected chi connectivity index (χ1v) is 11.4. The maximum Gasteiger partial charge on any atom is 0.231 e. The van der Waals surface area contributed by atoms with Crippen molar-refractivity contribution in [1.29, 1.82) is 0 Å². The van der Waals surface area contributed by atoms with Gasteiger partial charge in [0.2, 0.25) is 11.5 Å². The molecule has 0 spiro atoms. The van der Waals surface area contributed by atoms with Crippen LogP contribution < -0.4 is 23.7 Å². The molecule has 0 bridgehead atoms. The Morgan fingerprint density at radius 3 is 2.43 bits per heavy atom. The minimum atomic E-state index is -0.187. The van der Waals surface area contributed by atoms with Crippen LogP contribution in [0.25, 0.3) is 6.08 Å². The zero-order chi connectivity index (χ0) is 24.5. The lowest BCUT2D eigenvalue weighted by Crippen LogP contribution is -2.34. The first-order chi connectivity index (χ1) is 17.0. The first kappa shape index (κ1) is 22.8. The van der Waals surface area contributed by atoms with Crippen molar-refractivity contribution in [2.45, 2.75) is 19.5 Å². The topological polar surface area (TPSA) is 66.5 Å². The van der Waals surface area contributed by atoms with E-state index in [4.69, 9.17) is 23.7 Å². The summed E-state index contributed by atoms with van der Waals surface area (Å²) in [6.45, 7) is 3.21. The molecule has 1 atom stereocenters. The van der Waals surface area contributed by atoms with Crippen LogP contribution in [-0.2, 0) is 6.54 Å². The largest absolute Gasteiger partial charge is 0.493 e. The molecule has 0 amide bonds. The number of fused-ring (bicyclic) bond motifs is 3. The van der Waals surface area contributed by atoms with Crippen LogP contribution in [0, 0.1) is 0 Å². The molecule has 0 aromatic heterocycles. The fourth-order valence-electron chi connectivity index (χ4n) is 4.55. The maximum absolute atomic E-state index is 13.3. The minimum Gasteiger partial charge on any atom is -0.493 e. The number of benzene rings is 3. The summed E-state index contributed by atoms with van der Waals surface area (Å²) in [7, 11) is 4.64. The quantitative estimate of drug-likeness (QED) is 0.454. The SMILES string of the molecule is COc1ccc(/C=C2\Oc3c(ccc4c3CN(C(C)c3ccccc3)CO4)C2=O)c(OC)c1OC. The van der Waals surface area contributed by atoms with Crippen LogP contribution in [0.1, 0.15) is 40.0 Å². The summed E-state index contributed by atoms with van der Waals surface area (Å²) < 4.78 is 28.6. The summed E-state index contributed by atoms with van der Waals surface area (Å²) >= 11 is 0. The number of allylic oxidation sites excluding steroid dienone is 1. The van der Waals surface area contributed by atoms with Crippen LogP contribution in [0.2, 0.25) is 0 Å². The van der Waals surface area contributed by atoms with Gasteiger partial charge in [0.25, 0.3) is 0 Å². The van der Waals surface area contributed by atoms with Crippen molar-refractivity contribution in [1.82, 2.24) is 4.90 Å². The van der Waals surface area contributed by atoms with Gasteiger partial charge in [-0.3, -0.25) is 9.69 Å². The van der Waals surface area contributed by atoms with Crippen molar-refractivity contribution in [2.24, 2.45) is 0 Å². The second-order valence-electron chi connectivity index (χ2n) is 8.39. The second-order valence-corrected chi connectivity index (χ2v) is 8.39. The third-order valence-electron chi connectivity index (χ3n) is 6.50. The van der Waals surface area contributed by atoms with Crippen molar-refractivity contribution in [3.63, 3.8) is 0 Å². The zero-order valence-electron chi connectivity index (χ0n) is 20.2. The molecule has 0 N–H and O–H groups in total. The zero-order valence-corrected chi connectivity index (χ0v) is 20.2. The van der Waals surface area contributed by atoms with Gasteiger partial charge in [0.15, 0.2) is 17.3 Å². The van der Waals surface area contributed by atoms with E-state index in [1.54, 1.807) is 45.6 Å². The van der Waals surface area contributed by atoms with Crippen molar-refractivity contribution >= 4 is 11.9 Å². The normalized spacial score (nSPS) is 16.7. The monoisotopic (exact) mass is 473 g/mol. The lowest BCUT2D eigenvalue weighted by atomic mass is 10.0. The number of carbonyl (C=O) groups excluding carboxylic acids is 1. The highest BCUT2D eigenvalue weighted by Crippen LogP contribution is 2.45. The summed E-state index contributed by atoms with van der Waals surface area (Å²) in [4.78, 5) is 15.5. The summed E-state index contributed by atoms with van der Waals surface area (Å²) in [5, 5.41) is 0. The van der Waals surface area contributed by atoms with Gasteiger partial charge in [-0.15, -0.1) is 0 Å². The first-order valence-electron chi connectivity index (χ1n) is 11.4. The lowest BCUT2D eigenvalue weighted by Gasteiger charge is -2.34. The summed E-state index contributed by atoms with van der Waals surface area (Å²) in [6.07, 6.45) is 1.67. The average molecular weight is 474 g/mol. The van der Waals surface area contributed by atoms with Crippen LogP contribution in [0.4, 0.5) is 0 Å². The van der Waals surface area contributed by atoms with Crippen LogP contribution in [0.3, 0.4) is 0 Å². The van der Waals surface area contributed by atoms with Gasteiger partial charge in [0, 0.05) is 18.2 Å². The predicted octanol–water partition coefficient (Wildman–Crippen LogP) is 5.24. The molecule has 7 nitrogen and oxygen atoms in total. The Morgan fingerprint density at radius 2 is 1.71 bits per heavy atom. The molecule has 2 aliphatic heterocycles. The van der Waals surface area contributed by atoms with Crippen LogP contribution in [0.5, 0.6) is 28.7 Å². The number of nitrogens with zero attached hydrogens (tertiary/aromatic N) is 1. The molecule has 0 radical (unpaired) electrons. The molecule has 5 rings (SSSR count). The fraction of sp³-hybridized carbons (Fsp3) is 0.250. The molecule has 0 aliphatic carbocycles. The van der Waals surface area contributed by atoms with Gasteiger partial charge in [-0.25, -0.2) is 0 Å². The van der Waals surface area contributed by atoms with Crippen molar-refractivity contribution < 1.29 is 28.5 Å². The van der Waals surface area contributed by atoms with E-state index in [9.17, 15) is 4.79 Å². The number of ketones is 1. The van der Waals surface area contributed by atoms with E-state index < -0.39 is 0 Å². The van der Waals surface area contributed by atoms with Gasteiger partial charge in [-0.05, 0) is 42.8 Å². The van der Waals surface area contributed by atoms with E-state index in [1.165, 1.54) is 5.56 Å². The average Bonchev–Trinajstić information content (AvgIpc) is 3.23. The molecule has 0 saturated heterocycles. The molecule has 0 fully saturated rings. The molecular weight excluding hydrogens is 446 g/mol. The fourth-order valence-corrected chi connectivity index (χ4v) is 4.55. The molecule has 180 valence electrons. The van der Waals surface area contributed by atoms with Crippen molar-refractivity contribution in [3.05, 3.63) is 82.6 Å². The Kier molecular flexibility index (Phi) is 6.09. The Hall–Kier alpha value is -3.97. The Bertz CT molecular complexity index is 1300. The smallest absolute Gasteiger partial charge is 0.231 e. The van der Waals surface area contributed by atoms with Crippen molar-refractivity contribution in [3.8, 4) is 28.7 Å². The Labute approximate surface area is 204 Å². The highest BCUT2D eigenvalue weighted by Gasteiger charge is 2.35. The van der Waals surface area contributed by atoms with Crippen molar-refractivity contribution in [2.75, 3.05) is 28.1 Å². The summed E-state index contributed by atoms with van der Waals surface area (Å²) in [6, 6.07) is 17.6. The molecular formula is C28H27NO6. The molecule has 3 aromatic rings. The maximum atomic E-state index is 13.3. The predicted molar refractivity (Wildman–Crippen MR) is 131 cm³/mol. The van der Waals surface area contributed by atoms with E-state index in [0.717, 1.165) is 11.3 Å². The lowest BCUT2D eigenvalue weighted by molar-refractivity contribution is 0.0606. The number of ether oxygens (including phenoxy) is 5. The van der Waals surface area contributed by atoms with Gasteiger partial charge in [-0.1, -0.05) is 30.3 Å². The van der Waals surface area contributed by atoms with Gasteiger partial charge in [0.1, 0.15) is 18.2 Å². The van der Waals surface area contributed by atoms with E-state index in [0.29, 0.717) is 47.4 Å². The summed E-state index contributed by atoms with van der Waals surface area (Å²) in [5.74, 6) is 2.75. The van der Waals surface area contributed by atoms with Crippen LogP contribution in [0.15, 0.2) is 60.4 Å². The molecule has 2 heterocycles. The van der Waals surface area contributed by atoms with E-state index in [-0.39, 0.29) is 17.6 Å². The van der Waals surface area contributed by atoms with Crippen LogP contribution in [-0.4, -0.2) is 38.7 Å². The number of carbonyl (C=O) groups is 1. The summed E-state index contributed by atoms with van der Waals surface area (Å²) in [5.41, 5.74) is 3.23. The molecule has 2 aliphatic rings. The standard InChI is InChI=1S/C28H27NO6/c1-17(18-8-6-5-7-9-18)29-15-21-22(34-16-29)13-11-20-25(30)24(35-27(20)21)14-19-10-12-23(31-2)28(33-4)26(19)32-3/h5-14,17H,15-16H2,1-4H3/b24-14-. The highest BCUT2D eigenvalue weighted by atomic mass is 16.5. The number of Topliss-reactive ketones (excluding diaryl/α,β-unsaturated/α-hetero) is 1. The Balaban J connectivity index is 1.48. The van der Waals surface area contributed by atoms with Gasteiger partial charge < -0.3 is 23.7 Å². The van der Waals surface area contributed by atoms with E-state index in [1.807, 2.05) is 24.3 Å². The molecule has 0 saturated carbocycles. The third kappa shape index (κ3) is 3.98. The second kappa shape index (κ2) is 9.35. The number of rotatable bonds is 6. The number of methoxy groups -OCH3 is 3. The Morgan fingerprint density at radius 1 is 0.943 bits per heavy atom. The van der Waals surface area contributed by atoms with Gasteiger partial charge in [-0.2, -0.15) is 0 Å². The number of hydrogen-bond donors (Lipinski definition) is 0. The third-order valence-corrected chi connectivity index (χ3v) is 6.50. The molecule has 1 unspecified atom stereocenters. The molecule has 3 aromatic carbocycles. The molecule has 7 heteroatoms. The highest BCUT2D eigenvalue weighted by molar-refractivity contribution is 6.15. The number of hydrogen-bond acceptors (Lipinski definition) is 7. The molecule has 35 heavy (non-hydrogen) atoms. The minimum absolute atomic E-state index is 0.142.